The molecule has 0 aliphatic carbocycles. The highest BCUT2D eigenvalue weighted by atomic mass is 19.1. The Balaban J connectivity index is 1.39. The molecule has 27 heavy (non-hydrogen) atoms. The van der Waals surface area contributed by atoms with Crippen molar-refractivity contribution < 1.29 is 13.7 Å². The van der Waals surface area contributed by atoms with Crippen LogP contribution < -0.4 is 5.32 Å². The van der Waals surface area contributed by atoms with Crippen molar-refractivity contribution in [3.63, 3.8) is 0 Å². The number of piperidine rings is 1. The molecule has 1 amide bonds. The number of rotatable bonds is 7. The number of carbonyl (C=O) groups excluding carboxylic acids is 1. The predicted molar refractivity (Wildman–Crippen MR) is 99.5 cm³/mol. The molecule has 0 radical (unpaired) electrons. The summed E-state index contributed by atoms with van der Waals surface area (Å²) in [6.07, 6.45) is 2.11. The van der Waals surface area contributed by atoms with E-state index in [4.69, 9.17) is 4.52 Å². The Kier molecular flexibility index (Phi) is 6.55. The zero-order valence-electron chi connectivity index (χ0n) is 15.9. The molecule has 0 saturated carbocycles. The number of benzene rings is 1. The van der Waals surface area contributed by atoms with E-state index in [1.54, 1.807) is 12.1 Å². The van der Waals surface area contributed by atoms with Crippen molar-refractivity contribution >= 4 is 5.91 Å². The maximum absolute atomic E-state index is 13.6. The lowest BCUT2D eigenvalue weighted by Gasteiger charge is -2.30. The molecule has 1 aliphatic heterocycles. The fourth-order valence-corrected chi connectivity index (χ4v) is 3.28. The van der Waals surface area contributed by atoms with Crippen molar-refractivity contribution in [2.24, 2.45) is 5.92 Å². The first-order chi connectivity index (χ1) is 13.0. The average Bonchev–Trinajstić information content (AvgIpc) is 3.13. The maximum atomic E-state index is 13.6. The molecule has 7 heteroatoms. The van der Waals surface area contributed by atoms with E-state index in [1.165, 1.54) is 6.07 Å². The summed E-state index contributed by atoms with van der Waals surface area (Å²) in [7, 11) is 0. The first-order valence-electron chi connectivity index (χ1n) is 9.59. The highest BCUT2D eigenvalue weighted by Crippen LogP contribution is 2.19. The van der Waals surface area contributed by atoms with Crippen LogP contribution in [0.3, 0.4) is 0 Å². The first-order valence-corrected chi connectivity index (χ1v) is 9.59. The van der Waals surface area contributed by atoms with Gasteiger partial charge >= 0.3 is 0 Å². The summed E-state index contributed by atoms with van der Waals surface area (Å²) >= 11 is 0. The molecule has 0 spiro atoms. The molecule has 2 heterocycles. The Morgan fingerprint density at radius 3 is 2.74 bits per heavy atom. The molecule has 3 rings (SSSR count). The molecule has 1 aromatic carbocycles. The molecule has 1 aliphatic rings. The van der Waals surface area contributed by atoms with E-state index in [1.807, 2.05) is 19.9 Å². The Bertz CT molecular complexity index is 754. The van der Waals surface area contributed by atoms with Crippen LogP contribution in [0.15, 0.2) is 28.8 Å². The average molecular weight is 374 g/mol. The van der Waals surface area contributed by atoms with Crippen LogP contribution in [0.25, 0.3) is 0 Å². The fraction of sp³-hybridized carbons (Fsp3) is 0.550. The number of amides is 1. The second-order valence-electron chi connectivity index (χ2n) is 7.38. The molecule has 1 saturated heterocycles. The van der Waals surface area contributed by atoms with Crippen LogP contribution in [0.1, 0.15) is 49.9 Å². The van der Waals surface area contributed by atoms with Crippen LogP contribution in [-0.2, 0) is 17.8 Å². The maximum Gasteiger partial charge on any atom is 0.240 e. The smallest absolute Gasteiger partial charge is 0.240 e. The molecular formula is C20H27FN4O2. The molecule has 6 nitrogen and oxygen atoms in total. The second kappa shape index (κ2) is 9.08. The van der Waals surface area contributed by atoms with Gasteiger partial charge in [-0.05, 0) is 44.0 Å². The van der Waals surface area contributed by atoms with Crippen LogP contribution in [0.5, 0.6) is 0 Å². The Morgan fingerprint density at radius 2 is 2.07 bits per heavy atom. The van der Waals surface area contributed by atoms with Gasteiger partial charge in [0, 0.05) is 18.4 Å². The van der Waals surface area contributed by atoms with Crippen LogP contribution in [0.2, 0.25) is 0 Å². The molecule has 0 atom stereocenters. The monoisotopic (exact) mass is 374 g/mol. The number of aromatic nitrogens is 2. The van der Waals surface area contributed by atoms with Gasteiger partial charge in [0.1, 0.15) is 5.82 Å². The normalized spacial score (nSPS) is 16.0. The third-order valence-corrected chi connectivity index (χ3v) is 4.97. The van der Waals surface area contributed by atoms with Gasteiger partial charge in [0.05, 0.1) is 6.54 Å². The minimum Gasteiger partial charge on any atom is -0.356 e. The molecule has 1 aromatic heterocycles. The van der Waals surface area contributed by atoms with Crippen molar-refractivity contribution in [1.82, 2.24) is 20.4 Å². The summed E-state index contributed by atoms with van der Waals surface area (Å²) in [5.74, 6) is 1.46. The SMILES string of the molecule is CC(C)c1noc(CN2CCC(C(=O)NCCc3ccccc3F)CC2)n1. The van der Waals surface area contributed by atoms with Gasteiger partial charge in [0.15, 0.2) is 5.82 Å². The van der Waals surface area contributed by atoms with Crippen LogP contribution >= 0.6 is 0 Å². The van der Waals surface area contributed by atoms with Gasteiger partial charge in [-0.2, -0.15) is 4.98 Å². The standard InChI is InChI=1S/C20H27FN4O2/c1-14(2)19-23-18(27-24-19)13-25-11-8-16(9-12-25)20(26)22-10-7-15-5-3-4-6-17(15)21/h3-6,14,16H,7-13H2,1-2H3,(H,22,26). The fourth-order valence-electron chi connectivity index (χ4n) is 3.28. The minimum atomic E-state index is -0.221. The summed E-state index contributed by atoms with van der Waals surface area (Å²) < 4.78 is 18.9. The topological polar surface area (TPSA) is 71.3 Å². The number of halogens is 1. The van der Waals surface area contributed by atoms with Gasteiger partial charge in [-0.3, -0.25) is 9.69 Å². The lowest BCUT2D eigenvalue weighted by atomic mass is 9.96. The van der Waals surface area contributed by atoms with Gasteiger partial charge in [-0.1, -0.05) is 37.2 Å². The predicted octanol–water partition coefficient (Wildman–Crippen LogP) is 2.90. The minimum absolute atomic E-state index is 0.00998. The number of carbonyl (C=O) groups is 1. The van der Waals surface area contributed by atoms with E-state index in [-0.39, 0.29) is 23.6 Å². The number of likely N-dealkylation sites (tertiary alicyclic amines) is 1. The zero-order chi connectivity index (χ0) is 19.2. The van der Waals surface area contributed by atoms with Crippen molar-refractivity contribution in [2.45, 2.75) is 45.6 Å². The lowest BCUT2D eigenvalue weighted by Crippen LogP contribution is -2.40. The van der Waals surface area contributed by atoms with Gasteiger partial charge in [0.25, 0.3) is 0 Å². The van der Waals surface area contributed by atoms with Gasteiger partial charge in [-0.25, -0.2) is 4.39 Å². The zero-order valence-corrected chi connectivity index (χ0v) is 15.9. The molecule has 146 valence electrons. The summed E-state index contributed by atoms with van der Waals surface area (Å²) in [5.41, 5.74) is 0.632. The Morgan fingerprint density at radius 1 is 1.33 bits per heavy atom. The Hall–Kier alpha value is -2.28. The molecule has 1 N–H and O–H groups in total. The van der Waals surface area contributed by atoms with E-state index in [0.717, 1.165) is 31.8 Å². The number of hydrogen-bond acceptors (Lipinski definition) is 5. The largest absolute Gasteiger partial charge is 0.356 e. The Labute approximate surface area is 159 Å². The van der Waals surface area contributed by atoms with E-state index < -0.39 is 0 Å². The quantitative estimate of drug-likeness (QED) is 0.807. The molecular weight excluding hydrogens is 347 g/mol. The molecule has 2 aromatic rings. The summed E-state index contributed by atoms with van der Waals surface area (Å²) in [6.45, 7) is 6.80. The van der Waals surface area contributed by atoms with Crippen molar-refractivity contribution in [1.29, 1.82) is 0 Å². The van der Waals surface area contributed by atoms with Crippen LogP contribution in [-0.4, -0.2) is 40.6 Å². The van der Waals surface area contributed by atoms with E-state index in [0.29, 0.717) is 31.0 Å². The number of nitrogens with one attached hydrogen (secondary N) is 1. The van der Waals surface area contributed by atoms with E-state index >= 15 is 0 Å². The summed E-state index contributed by atoms with van der Waals surface area (Å²) in [5, 5.41) is 6.93. The summed E-state index contributed by atoms with van der Waals surface area (Å²) in [6, 6.07) is 6.68. The van der Waals surface area contributed by atoms with Crippen molar-refractivity contribution in [3.05, 3.63) is 47.4 Å². The van der Waals surface area contributed by atoms with Crippen LogP contribution in [0.4, 0.5) is 4.39 Å². The van der Waals surface area contributed by atoms with Gasteiger partial charge in [0.2, 0.25) is 11.8 Å². The molecule has 0 unspecified atom stereocenters. The summed E-state index contributed by atoms with van der Waals surface area (Å²) in [4.78, 5) is 19.0. The third kappa shape index (κ3) is 5.35. The van der Waals surface area contributed by atoms with E-state index in [9.17, 15) is 9.18 Å². The first kappa shape index (κ1) is 19.5. The van der Waals surface area contributed by atoms with Crippen molar-refractivity contribution in [3.8, 4) is 0 Å². The lowest BCUT2D eigenvalue weighted by molar-refractivity contribution is -0.126. The highest BCUT2D eigenvalue weighted by molar-refractivity contribution is 5.78. The second-order valence-corrected chi connectivity index (χ2v) is 7.38. The molecule has 1 fully saturated rings. The number of nitrogens with zero attached hydrogens (tertiary/aromatic N) is 3. The highest BCUT2D eigenvalue weighted by Gasteiger charge is 2.25. The van der Waals surface area contributed by atoms with Gasteiger partial charge in [-0.15, -0.1) is 0 Å². The molecule has 0 bridgehead atoms. The van der Waals surface area contributed by atoms with E-state index in [2.05, 4.69) is 20.4 Å². The third-order valence-electron chi connectivity index (χ3n) is 4.97. The van der Waals surface area contributed by atoms with Crippen LogP contribution in [0, 0.1) is 11.7 Å². The number of hydrogen-bond donors (Lipinski definition) is 1. The van der Waals surface area contributed by atoms with Crippen molar-refractivity contribution in [2.75, 3.05) is 19.6 Å². The van der Waals surface area contributed by atoms with Gasteiger partial charge < -0.3 is 9.84 Å².